The van der Waals surface area contributed by atoms with Crippen LogP contribution >= 0.6 is 35.4 Å². The Hall–Kier alpha value is -1.04. The normalized spacial score (nSPS) is 10.2. The van der Waals surface area contributed by atoms with Gasteiger partial charge in [-0.05, 0) is 12.1 Å². The quantitative estimate of drug-likeness (QED) is 0.779. The molecule has 0 aromatic heterocycles. The summed E-state index contributed by atoms with van der Waals surface area (Å²) < 4.78 is 5.45. The minimum absolute atomic E-state index is 0.0266. The van der Waals surface area contributed by atoms with Crippen LogP contribution in [0.25, 0.3) is 0 Å². The molecule has 0 saturated carbocycles. The first-order chi connectivity index (χ1) is 9.40. The number of hydrogen-bond donors (Lipinski definition) is 1. The van der Waals surface area contributed by atoms with Gasteiger partial charge in [0.15, 0.2) is 0 Å². The smallest absolute Gasteiger partial charge is 0.225 e. The molecule has 110 valence electrons. The number of nitrogens with zero attached hydrogens (tertiary/aromatic N) is 1. The lowest BCUT2D eigenvalue weighted by Crippen LogP contribution is -2.30. The number of amides is 1. The second-order valence-electron chi connectivity index (χ2n) is 4.21. The zero-order valence-corrected chi connectivity index (χ0v) is 13.4. The molecule has 4 nitrogen and oxygen atoms in total. The monoisotopic (exact) mass is 334 g/mol. The number of rotatable bonds is 7. The van der Waals surface area contributed by atoms with Gasteiger partial charge in [-0.25, -0.2) is 0 Å². The molecule has 1 rings (SSSR count). The molecule has 1 amide bonds. The molecular weight excluding hydrogens is 319 g/mol. The number of hydrogen-bond acceptors (Lipinski definition) is 3. The van der Waals surface area contributed by atoms with Gasteiger partial charge in [-0.2, -0.15) is 0 Å². The Bertz CT molecular complexity index is 497. The Labute approximate surface area is 133 Å². The van der Waals surface area contributed by atoms with Crippen molar-refractivity contribution in [2.45, 2.75) is 12.8 Å². The van der Waals surface area contributed by atoms with Gasteiger partial charge in [0.25, 0.3) is 0 Å². The van der Waals surface area contributed by atoms with Gasteiger partial charge in [0.2, 0.25) is 5.91 Å². The number of carbonyl (C=O) groups excluding carboxylic acids is 1. The maximum Gasteiger partial charge on any atom is 0.225 e. The highest BCUT2D eigenvalue weighted by Gasteiger charge is 2.09. The largest absolute Gasteiger partial charge is 0.493 e. The summed E-state index contributed by atoms with van der Waals surface area (Å²) in [5, 5.41) is 0.886. The number of thiocarbonyl (C=S) groups is 1. The number of ether oxygens (including phenoxy) is 1. The maximum atomic E-state index is 11.8. The first kappa shape index (κ1) is 17.0. The van der Waals surface area contributed by atoms with Crippen molar-refractivity contribution >= 4 is 46.3 Å². The molecule has 0 saturated heterocycles. The molecule has 1 aromatic rings. The van der Waals surface area contributed by atoms with Crippen LogP contribution in [0, 0.1) is 0 Å². The van der Waals surface area contributed by atoms with E-state index in [9.17, 15) is 4.79 Å². The van der Waals surface area contributed by atoms with E-state index in [0.717, 1.165) is 0 Å². The van der Waals surface area contributed by atoms with Crippen LogP contribution < -0.4 is 10.5 Å². The van der Waals surface area contributed by atoms with Crippen LogP contribution in [0.3, 0.4) is 0 Å². The zero-order valence-electron chi connectivity index (χ0n) is 11.1. The molecule has 0 radical (unpaired) electrons. The molecule has 20 heavy (non-hydrogen) atoms. The van der Waals surface area contributed by atoms with Crippen LogP contribution in [-0.2, 0) is 4.79 Å². The summed E-state index contributed by atoms with van der Waals surface area (Å²) in [7, 11) is 1.71. The fourth-order valence-corrected chi connectivity index (χ4v) is 1.80. The van der Waals surface area contributed by atoms with Crippen molar-refractivity contribution in [2.24, 2.45) is 5.73 Å². The first-order valence-corrected chi connectivity index (χ1v) is 7.16. The Morgan fingerprint density at radius 3 is 2.65 bits per heavy atom. The van der Waals surface area contributed by atoms with E-state index in [0.29, 0.717) is 33.7 Å². The van der Waals surface area contributed by atoms with E-state index in [2.05, 4.69) is 0 Å². The molecule has 7 heteroatoms. The van der Waals surface area contributed by atoms with E-state index in [4.69, 9.17) is 45.9 Å². The number of carbonyl (C=O) groups is 1. The van der Waals surface area contributed by atoms with Crippen molar-refractivity contribution in [3.8, 4) is 5.75 Å². The minimum Gasteiger partial charge on any atom is -0.493 e. The molecule has 0 aliphatic carbocycles. The van der Waals surface area contributed by atoms with E-state index in [1.807, 2.05) is 0 Å². The average Bonchev–Trinajstić information content (AvgIpc) is 2.39. The van der Waals surface area contributed by atoms with Crippen LogP contribution in [0.4, 0.5) is 0 Å². The van der Waals surface area contributed by atoms with Crippen molar-refractivity contribution in [1.82, 2.24) is 4.90 Å². The van der Waals surface area contributed by atoms with Crippen molar-refractivity contribution in [2.75, 3.05) is 20.2 Å². The highest BCUT2D eigenvalue weighted by atomic mass is 35.5. The lowest BCUT2D eigenvalue weighted by atomic mass is 10.3. The summed E-state index contributed by atoms with van der Waals surface area (Å²) in [6.07, 6.45) is 0.791. The van der Waals surface area contributed by atoms with Gasteiger partial charge in [-0.3, -0.25) is 4.79 Å². The van der Waals surface area contributed by atoms with Gasteiger partial charge in [0.05, 0.1) is 28.1 Å². The predicted molar refractivity (Wildman–Crippen MR) is 85.6 cm³/mol. The Kier molecular flexibility index (Phi) is 7.05. The van der Waals surface area contributed by atoms with Crippen molar-refractivity contribution in [3.63, 3.8) is 0 Å². The summed E-state index contributed by atoms with van der Waals surface area (Å²) in [5.41, 5.74) is 5.39. The van der Waals surface area contributed by atoms with Crippen molar-refractivity contribution < 1.29 is 9.53 Å². The fourth-order valence-electron chi connectivity index (χ4n) is 1.42. The second-order valence-corrected chi connectivity index (χ2v) is 5.54. The standard InChI is InChI=1S/C13H16Cl2N2O2S/c1-17(6-4-12(16)20)13(18)5-7-19-9-2-3-10(14)11(15)8-9/h2-3,8H,4-7H2,1H3,(H2,16,20). The van der Waals surface area contributed by atoms with Gasteiger partial charge < -0.3 is 15.4 Å². The van der Waals surface area contributed by atoms with E-state index in [1.165, 1.54) is 0 Å². The molecule has 0 aliphatic rings. The van der Waals surface area contributed by atoms with Gasteiger partial charge in [0.1, 0.15) is 5.75 Å². The van der Waals surface area contributed by atoms with Crippen LogP contribution in [0.15, 0.2) is 18.2 Å². The molecule has 0 aliphatic heterocycles. The highest BCUT2D eigenvalue weighted by Crippen LogP contribution is 2.26. The Morgan fingerprint density at radius 1 is 1.35 bits per heavy atom. The van der Waals surface area contributed by atoms with Gasteiger partial charge in [-0.15, -0.1) is 0 Å². The third kappa shape index (κ3) is 5.94. The molecule has 0 spiro atoms. The van der Waals surface area contributed by atoms with Crippen LogP contribution in [0.2, 0.25) is 10.0 Å². The lowest BCUT2D eigenvalue weighted by Gasteiger charge is -2.16. The molecule has 2 N–H and O–H groups in total. The van der Waals surface area contributed by atoms with Crippen molar-refractivity contribution in [3.05, 3.63) is 28.2 Å². The van der Waals surface area contributed by atoms with Crippen LogP contribution in [0.1, 0.15) is 12.8 Å². The van der Waals surface area contributed by atoms with E-state index >= 15 is 0 Å². The number of benzene rings is 1. The van der Waals surface area contributed by atoms with E-state index < -0.39 is 0 Å². The summed E-state index contributed by atoms with van der Waals surface area (Å²) >= 11 is 16.4. The van der Waals surface area contributed by atoms with E-state index in [1.54, 1.807) is 30.1 Å². The van der Waals surface area contributed by atoms with Gasteiger partial charge in [-0.1, -0.05) is 35.4 Å². The van der Waals surface area contributed by atoms with Gasteiger partial charge in [0, 0.05) is 26.1 Å². The molecule has 0 bridgehead atoms. The second kappa shape index (κ2) is 8.29. The summed E-state index contributed by atoms with van der Waals surface area (Å²) in [4.78, 5) is 13.8. The third-order valence-electron chi connectivity index (χ3n) is 2.60. The summed E-state index contributed by atoms with van der Waals surface area (Å²) in [6.45, 7) is 0.787. The fraction of sp³-hybridized carbons (Fsp3) is 0.385. The Morgan fingerprint density at radius 2 is 2.05 bits per heavy atom. The molecule has 0 heterocycles. The van der Waals surface area contributed by atoms with Crippen LogP contribution in [-0.4, -0.2) is 36.0 Å². The molecular formula is C13H16Cl2N2O2S. The highest BCUT2D eigenvalue weighted by molar-refractivity contribution is 7.80. The molecule has 0 atom stereocenters. The molecule has 0 unspecified atom stereocenters. The Balaban J connectivity index is 2.34. The van der Waals surface area contributed by atoms with Crippen molar-refractivity contribution in [1.29, 1.82) is 0 Å². The first-order valence-electron chi connectivity index (χ1n) is 6.00. The number of halogens is 2. The lowest BCUT2D eigenvalue weighted by molar-refractivity contribution is -0.130. The summed E-state index contributed by atoms with van der Waals surface area (Å²) in [5.74, 6) is 0.555. The minimum atomic E-state index is -0.0266. The predicted octanol–water partition coefficient (Wildman–Crippen LogP) is 2.90. The average molecular weight is 335 g/mol. The van der Waals surface area contributed by atoms with E-state index in [-0.39, 0.29) is 18.9 Å². The SMILES string of the molecule is CN(CCC(N)=S)C(=O)CCOc1ccc(Cl)c(Cl)c1. The maximum absolute atomic E-state index is 11.8. The van der Waals surface area contributed by atoms with Gasteiger partial charge >= 0.3 is 0 Å². The zero-order chi connectivity index (χ0) is 15.1. The summed E-state index contributed by atoms with van der Waals surface area (Å²) in [6, 6.07) is 4.97. The third-order valence-corrected chi connectivity index (χ3v) is 3.54. The van der Waals surface area contributed by atoms with Crippen LogP contribution in [0.5, 0.6) is 5.75 Å². The molecule has 1 aromatic carbocycles. The molecule has 0 fully saturated rings. The topological polar surface area (TPSA) is 55.6 Å². The number of nitrogens with two attached hydrogens (primary N) is 1.